The normalized spacial score (nSPS) is 11.5. The van der Waals surface area contributed by atoms with Crippen molar-refractivity contribution >= 4 is 11.5 Å². The van der Waals surface area contributed by atoms with Crippen LogP contribution in [0.1, 0.15) is 48.6 Å². The smallest absolute Gasteiger partial charge is 0.343 e. The highest BCUT2D eigenvalue weighted by atomic mass is 16.6. The first-order chi connectivity index (χ1) is 18.6. The lowest BCUT2D eigenvalue weighted by molar-refractivity contribution is -0.142. The number of rotatable bonds is 9. The largest absolute Gasteiger partial charge is 0.489 e. The number of esters is 1. The number of ether oxygens (including phenoxy) is 3. The summed E-state index contributed by atoms with van der Waals surface area (Å²) in [6.45, 7) is 9.56. The second-order valence-corrected chi connectivity index (χ2v) is 10.7. The molecule has 3 aromatic carbocycles. The van der Waals surface area contributed by atoms with Gasteiger partial charge in [-0.3, -0.25) is 4.90 Å². The third-order valence-electron chi connectivity index (χ3n) is 6.14. The van der Waals surface area contributed by atoms with Crippen LogP contribution in [0.25, 0.3) is 5.57 Å². The van der Waals surface area contributed by atoms with Gasteiger partial charge in [0.2, 0.25) is 0 Å². The number of methoxy groups -OCH3 is 1. The molecule has 0 aliphatic heterocycles. The number of hydrogen-bond acceptors (Lipinski definition) is 5. The second-order valence-electron chi connectivity index (χ2n) is 10.7. The summed E-state index contributed by atoms with van der Waals surface area (Å²) in [5.41, 5.74) is 6.57. The molecule has 0 N–H and O–H groups in total. The van der Waals surface area contributed by atoms with E-state index in [-0.39, 0.29) is 12.0 Å². The van der Waals surface area contributed by atoms with Crippen LogP contribution in [0.5, 0.6) is 11.5 Å². The van der Waals surface area contributed by atoms with Gasteiger partial charge in [0.05, 0.1) is 13.7 Å². The molecule has 5 nitrogen and oxygen atoms in total. The van der Waals surface area contributed by atoms with Gasteiger partial charge in [-0.2, -0.15) is 0 Å². The minimum absolute atomic E-state index is 0.0863. The molecular weight excluding hydrogens is 486 g/mol. The summed E-state index contributed by atoms with van der Waals surface area (Å²) in [7, 11) is 5.36. The molecule has 0 heterocycles. The zero-order valence-electron chi connectivity index (χ0n) is 24.1. The van der Waals surface area contributed by atoms with Gasteiger partial charge in [-0.05, 0) is 90.7 Å². The second kappa shape index (κ2) is 13.7. The van der Waals surface area contributed by atoms with Crippen molar-refractivity contribution in [3.8, 4) is 23.3 Å². The third kappa shape index (κ3) is 9.05. The number of nitrogens with zero attached hydrogens (tertiary/aromatic N) is 1. The Hall–Kier alpha value is -4.01. The molecule has 0 aliphatic carbocycles. The van der Waals surface area contributed by atoms with E-state index in [1.54, 1.807) is 6.07 Å². The molecule has 204 valence electrons. The van der Waals surface area contributed by atoms with Crippen LogP contribution in [-0.4, -0.2) is 51.8 Å². The van der Waals surface area contributed by atoms with Crippen molar-refractivity contribution in [2.45, 2.75) is 33.1 Å². The Kier molecular flexibility index (Phi) is 10.4. The molecule has 0 bridgehead atoms. The monoisotopic (exact) mass is 525 g/mol. The molecule has 0 radical (unpaired) electrons. The van der Waals surface area contributed by atoms with Gasteiger partial charge in [0.25, 0.3) is 0 Å². The van der Waals surface area contributed by atoms with Crippen LogP contribution in [0.15, 0.2) is 72.8 Å². The summed E-state index contributed by atoms with van der Waals surface area (Å²) in [6, 6.07) is 22.6. The maximum Gasteiger partial charge on any atom is 0.343 e. The van der Waals surface area contributed by atoms with E-state index in [0.29, 0.717) is 12.4 Å². The van der Waals surface area contributed by atoms with Crippen LogP contribution in [-0.2, 0) is 14.9 Å². The molecule has 0 unspecified atom stereocenters. The molecule has 3 aromatic rings. The zero-order chi connectivity index (χ0) is 28.4. The van der Waals surface area contributed by atoms with E-state index in [9.17, 15) is 4.79 Å². The van der Waals surface area contributed by atoms with Gasteiger partial charge in [-0.25, -0.2) is 4.79 Å². The summed E-state index contributed by atoms with van der Waals surface area (Å²) in [5, 5.41) is 0. The van der Waals surface area contributed by atoms with Crippen molar-refractivity contribution in [3.63, 3.8) is 0 Å². The van der Waals surface area contributed by atoms with Crippen molar-refractivity contribution in [3.05, 3.63) is 101 Å². The molecule has 0 saturated heterocycles. The van der Waals surface area contributed by atoms with E-state index < -0.39 is 5.97 Å². The Balaban J connectivity index is 1.82. The molecule has 0 atom stereocenters. The highest BCUT2D eigenvalue weighted by molar-refractivity contribution is 5.80. The molecule has 3 rings (SSSR count). The first-order valence-electron chi connectivity index (χ1n) is 13.0. The summed E-state index contributed by atoms with van der Waals surface area (Å²) >= 11 is 0. The highest BCUT2D eigenvalue weighted by Crippen LogP contribution is 2.28. The van der Waals surface area contributed by atoms with Gasteiger partial charge in [-0.15, -0.1) is 0 Å². The number of aryl methyl sites for hydroxylation is 1. The Morgan fingerprint density at radius 1 is 0.923 bits per heavy atom. The van der Waals surface area contributed by atoms with Gasteiger partial charge in [0, 0.05) is 5.56 Å². The fourth-order valence-corrected chi connectivity index (χ4v) is 3.88. The Morgan fingerprint density at radius 3 is 2.13 bits per heavy atom. The summed E-state index contributed by atoms with van der Waals surface area (Å²) < 4.78 is 16.3. The van der Waals surface area contributed by atoms with E-state index in [0.717, 1.165) is 40.1 Å². The molecular formula is C34H39NO4. The van der Waals surface area contributed by atoms with Gasteiger partial charge in [0.1, 0.15) is 18.1 Å². The van der Waals surface area contributed by atoms with Gasteiger partial charge in [-0.1, -0.05) is 69.0 Å². The lowest BCUT2D eigenvalue weighted by Gasteiger charge is -2.19. The Labute approximate surface area is 233 Å². The minimum Gasteiger partial charge on any atom is -0.489 e. The van der Waals surface area contributed by atoms with Crippen LogP contribution in [0.2, 0.25) is 0 Å². The third-order valence-corrected chi connectivity index (χ3v) is 6.14. The number of carbonyl (C=O) groups excluding carboxylic acids is 1. The Bertz CT molecular complexity index is 1340. The van der Waals surface area contributed by atoms with Gasteiger partial charge in [0.15, 0.2) is 6.61 Å². The van der Waals surface area contributed by atoms with Crippen LogP contribution in [0.3, 0.4) is 0 Å². The first kappa shape index (κ1) is 29.5. The average Bonchev–Trinajstić information content (AvgIpc) is 2.90. The van der Waals surface area contributed by atoms with Crippen molar-refractivity contribution in [1.82, 2.24) is 4.90 Å². The standard InChI is InChI=1S/C34H39NO4/c1-25-23-30(18-19-32(25)39-24-33(36)37-7)38-22-20-31(28-14-16-29(17-15-28)34(2,3)4)27-12-10-26(11-13-27)9-8-21-35(5)6/h10-20,23H,21-22,24H2,1-7H3/b31-20+. The van der Waals surface area contributed by atoms with Crippen molar-refractivity contribution in [1.29, 1.82) is 0 Å². The van der Waals surface area contributed by atoms with Crippen LogP contribution in [0.4, 0.5) is 0 Å². The van der Waals surface area contributed by atoms with Gasteiger partial charge >= 0.3 is 5.97 Å². The summed E-state index contributed by atoms with van der Waals surface area (Å²) in [6.07, 6.45) is 2.11. The summed E-state index contributed by atoms with van der Waals surface area (Å²) in [5.74, 6) is 7.34. The minimum atomic E-state index is -0.420. The van der Waals surface area contributed by atoms with Crippen molar-refractivity contribution in [2.75, 3.05) is 41.0 Å². The van der Waals surface area contributed by atoms with E-state index in [4.69, 9.17) is 9.47 Å². The molecule has 5 heteroatoms. The first-order valence-corrected chi connectivity index (χ1v) is 13.0. The highest BCUT2D eigenvalue weighted by Gasteiger charge is 2.14. The average molecular weight is 526 g/mol. The maximum absolute atomic E-state index is 11.4. The van der Waals surface area contributed by atoms with E-state index in [1.165, 1.54) is 12.7 Å². The fourth-order valence-electron chi connectivity index (χ4n) is 3.88. The van der Waals surface area contributed by atoms with Crippen LogP contribution >= 0.6 is 0 Å². The lowest BCUT2D eigenvalue weighted by atomic mass is 9.85. The van der Waals surface area contributed by atoms with E-state index >= 15 is 0 Å². The molecule has 0 saturated carbocycles. The number of carbonyl (C=O) groups is 1. The van der Waals surface area contributed by atoms with Crippen LogP contribution in [0, 0.1) is 18.8 Å². The van der Waals surface area contributed by atoms with E-state index in [1.807, 2.05) is 38.1 Å². The van der Waals surface area contributed by atoms with Gasteiger partial charge < -0.3 is 14.2 Å². The molecule has 39 heavy (non-hydrogen) atoms. The number of hydrogen-bond donors (Lipinski definition) is 0. The number of benzene rings is 3. The van der Waals surface area contributed by atoms with E-state index in [2.05, 4.69) is 92.0 Å². The predicted molar refractivity (Wildman–Crippen MR) is 158 cm³/mol. The zero-order valence-corrected chi connectivity index (χ0v) is 24.1. The quantitative estimate of drug-likeness (QED) is 0.244. The lowest BCUT2D eigenvalue weighted by Crippen LogP contribution is -2.13. The van der Waals surface area contributed by atoms with Crippen molar-refractivity contribution < 1.29 is 19.0 Å². The van der Waals surface area contributed by atoms with Crippen LogP contribution < -0.4 is 9.47 Å². The SMILES string of the molecule is COC(=O)COc1ccc(OC/C=C(\c2ccc(C#CCN(C)C)cc2)c2ccc(C(C)(C)C)cc2)cc1C. The molecule has 0 amide bonds. The molecule has 0 spiro atoms. The topological polar surface area (TPSA) is 48.0 Å². The summed E-state index contributed by atoms with van der Waals surface area (Å²) in [4.78, 5) is 13.4. The fraction of sp³-hybridized carbons (Fsp3) is 0.324. The van der Waals surface area contributed by atoms with Crippen molar-refractivity contribution in [2.24, 2.45) is 0 Å². The maximum atomic E-state index is 11.4. The molecule has 0 fully saturated rings. The Morgan fingerprint density at radius 2 is 1.56 bits per heavy atom. The molecule has 0 aliphatic rings. The predicted octanol–water partition coefficient (Wildman–Crippen LogP) is 6.27. The molecule has 0 aromatic heterocycles.